The highest BCUT2D eigenvalue weighted by molar-refractivity contribution is 7.92. The molecule has 0 saturated heterocycles. The molecule has 0 unspecified atom stereocenters. The zero-order valence-electron chi connectivity index (χ0n) is 15.7. The van der Waals surface area contributed by atoms with Crippen LogP contribution >= 0.6 is 11.3 Å². The number of rotatable bonds is 7. The predicted octanol–water partition coefficient (Wildman–Crippen LogP) is 4.52. The molecule has 0 aliphatic carbocycles. The van der Waals surface area contributed by atoms with Crippen LogP contribution in [-0.2, 0) is 10.0 Å². The smallest absolute Gasteiger partial charge is 0.265 e. The minimum absolute atomic E-state index is 0.0192. The Morgan fingerprint density at radius 1 is 1.21 bits per heavy atom. The van der Waals surface area contributed by atoms with Crippen LogP contribution in [0.2, 0.25) is 0 Å². The minimum atomic E-state index is -3.94. The number of nitrogens with one attached hydrogen (secondary N) is 1. The first-order chi connectivity index (χ1) is 13.3. The van der Waals surface area contributed by atoms with Crippen LogP contribution in [0.25, 0.3) is 11.3 Å². The molecule has 0 aliphatic rings. The van der Waals surface area contributed by atoms with Crippen LogP contribution in [0, 0.1) is 6.92 Å². The van der Waals surface area contributed by atoms with Gasteiger partial charge in [-0.3, -0.25) is 9.52 Å². The fourth-order valence-corrected chi connectivity index (χ4v) is 4.50. The summed E-state index contributed by atoms with van der Waals surface area (Å²) in [5, 5.41) is 2.78. The number of ether oxygens (including phenoxy) is 1. The molecule has 3 aromatic rings. The van der Waals surface area contributed by atoms with Crippen molar-refractivity contribution < 1.29 is 17.9 Å². The lowest BCUT2D eigenvalue weighted by molar-refractivity contribution is 0.101. The lowest BCUT2D eigenvalue weighted by Crippen LogP contribution is -2.15. The normalized spacial score (nSPS) is 11.2. The highest BCUT2D eigenvalue weighted by atomic mass is 32.2. The third-order valence-corrected chi connectivity index (χ3v) is 6.15. The molecule has 146 valence electrons. The second-order valence-electron chi connectivity index (χ2n) is 6.09. The van der Waals surface area contributed by atoms with Crippen LogP contribution in [-0.4, -0.2) is 25.8 Å². The van der Waals surface area contributed by atoms with Crippen LogP contribution in [0.1, 0.15) is 29.2 Å². The van der Waals surface area contributed by atoms with Gasteiger partial charge in [0.15, 0.2) is 5.78 Å². The van der Waals surface area contributed by atoms with E-state index in [1.807, 2.05) is 12.3 Å². The van der Waals surface area contributed by atoms with E-state index in [0.29, 0.717) is 29.1 Å². The lowest BCUT2D eigenvalue weighted by Gasteiger charge is -2.14. The zero-order valence-corrected chi connectivity index (χ0v) is 17.4. The van der Waals surface area contributed by atoms with Gasteiger partial charge in [-0.2, -0.15) is 0 Å². The maximum Gasteiger partial charge on any atom is 0.265 e. The van der Waals surface area contributed by atoms with Gasteiger partial charge >= 0.3 is 0 Å². The number of aromatic nitrogens is 1. The van der Waals surface area contributed by atoms with E-state index in [1.165, 1.54) is 24.3 Å². The minimum Gasteiger partial charge on any atom is -0.492 e. The van der Waals surface area contributed by atoms with E-state index in [1.54, 1.807) is 43.3 Å². The molecule has 0 amide bonds. The number of hydrogen-bond acceptors (Lipinski definition) is 6. The second-order valence-corrected chi connectivity index (χ2v) is 8.80. The van der Waals surface area contributed by atoms with Crippen molar-refractivity contribution >= 4 is 32.8 Å². The summed E-state index contributed by atoms with van der Waals surface area (Å²) in [6, 6.07) is 11.3. The molecule has 1 N–H and O–H groups in total. The fraction of sp³-hybridized carbons (Fsp3) is 0.200. The van der Waals surface area contributed by atoms with Crippen molar-refractivity contribution in [3.05, 3.63) is 58.4 Å². The molecule has 6 nitrogen and oxygen atoms in total. The summed E-state index contributed by atoms with van der Waals surface area (Å²) in [4.78, 5) is 16.0. The lowest BCUT2D eigenvalue weighted by atomic mass is 10.1. The number of hydrogen-bond donors (Lipinski definition) is 1. The summed E-state index contributed by atoms with van der Waals surface area (Å²) in [5.41, 5.74) is 2.13. The maximum absolute atomic E-state index is 13.1. The van der Waals surface area contributed by atoms with Gasteiger partial charge in [-0.25, -0.2) is 13.4 Å². The van der Waals surface area contributed by atoms with Gasteiger partial charge in [0.1, 0.15) is 10.6 Å². The van der Waals surface area contributed by atoms with Crippen LogP contribution in [0.4, 0.5) is 5.69 Å². The van der Waals surface area contributed by atoms with Gasteiger partial charge in [0, 0.05) is 22.2 Å². The summed E-state index contributed by atoms with van der Waals surface area (Å²) < 4.78 is 34.2. The van der Waals surface area contributed by atoms with Gasteiger partial charge in [0.2, 0.25) is 0 Å². The van der Waals surface area contributed by atoms with Crippen molar-refractivity contribution in [3.63, 3.8) is 0 Å². The van der Waals surface area contributed by atoms with Gasteiger partial charge in [0.05, 0.1) is 17.3 Å². The van der Waals surface area contributed by atoms with Crippen molar-refractivity contribution in [3.8, 4) is 17.0 Å². The number of carbonyl (C=O) groups excluding carboxylic acids is 1. The van der Waals surface area contributed by atoms with Crippen LogP contribution in [0.3, 0.4) is 0 Å². The Labute approximate surface area is 168 Å². The van der Waals surface area contributed by atoms with Gasteiger partial charge in [-0.15, -0.1) is 11.3 Å². The van der Waals surface area contributed by atoms with Crippen LogP contribution in [0.15, 0.2) is 52.7 Å². The number of thiazole rings is 1. The highest BCUT2D eigenvalue weighted by Gasteiger charge is 2.22. The SMILES string of the molecule is CCOc1ccc(-c2csc(C)n2)cc1S(=O)(=O)Nc1cccc(C(C)=O)c1. The first-order valence-electron chi connectivity index (χ1n) is 8.63. The summed E-state index contributed by atoms with van der Waals surface area (Å²) in [6.45, 7) is 5.44. The molecule has 1 heterocycles. The number of aryl methyl sites for hydroxylation is 1. The van der Waals surface area contributed by atoms with E-state index >= 15 is 0 Å². The van der Waals surface area contributed by atoms with E-state index in [2.05, 4.69) is 9.71 Å². The van der Waals surface area contributed by atoms with Gasteiger partial charge in [0.25, 0.3) is 10.0 Å². The van der Waals surface area contributed by atoms with Gasteiger partial charge in [-0.1, -0.05) is 12.1 Å². The maximum atomic E-state index is 13.1. The third kappa shape index (κ3) is 4.40. The first-order valence-corrected chi connectivity index (χ1v) is 11.0. The number of anilines is 1. The van der Waals surface area contributed by atoms with E-state index in [0.717, 1.165) is 5.01 Å². The Morgan fingerprint density at radius 2 is 2.00 bits per heavy atom. The van der Waals surface area contributed by atoms with Crippen molar-refractivity contribution in [2.45, 2.75) is 25.7 Å². The molecule has 0 aliphatic heterocycles. The quantitative estimate of drug-likeness (QED) is 0.572. The van der Waals surface area contributed by atoms with E-state index in [-0.39, 0.29) is 16.4 Å². The standard InChI is InChI=1S/C20H20N2O4S2/c1-4-26-19-9-8-16(18-12-27-14(3)21-18)11-20(19)28(24,25)22-17-7-5-6-15(10-17)13(2)23/h5-12,22H,4H2,1-3H3. The van der Waals surface area contributed by atoms with Crippen molar-refractivity contribution in [2.24, 2.45) is 0 Å². The number of benzene rings is 2. The summed E-state index contributed by atoms with van der Waals surface area (Å²) in [5.74, 6) is 0.116. The third-order valence-electron chi connectivity index (χ3n) is 3.97. The van der Waals surface area contributed by atoms with E-state index < -0.39 is 10.0 Å². The van der Waals surface area contributed by atoms with Crippen molar-refractivity contribution in [1.82, 2.24) is 4.98 Å². The number of carbonyl (C=O) groups is 1. The molecule has 28 heavy (non-hydrogen) atoms. The molecular weight excluding hydrogens is 396 g/mol. The Hall–Kier alpha value is -2.71. The largest absolute Gasteiger partial charge is 0.492 e. The van der Waals surface area contributed by atoms with E-state index in [9.17, 15) is 13.2 Å². The molecule has 0 radical (unpaired) electrons. The Morgan fingerprint density at radius 3 is 2.64 bits per heavy atom. The molecule has 0 fully saturated rings. The molecular formula is C20H20N2O4S2. The molecule has 0 saturated carbocycles. The average Bonchev–Trinajstić information content (AvgIpc) is 3.08. The first kappa shape index (κ1) is 20.0. The average molecular weight is 417 g/mol. The number of Topliss-reactive ketones (excluding diaryl/α,β-unsaturated/α-hetero) is 1. The number of sulfonamides is 1. The molecule has 0 spiro atoms. The molecule has 8 heteroatoms. The zero-order chi connectivity index (χ0) is 20.3. The highest BCUT2D eigenvalue weighted by Crippen LogP contribution is 2.32. The topological polar surface area (TPSA) is 85.4 Å². The molecule has 1 aromatic heterocycles. The monoisotopic (exact) mass is 416 g/mol. The van der Waals surface area contributed by atoms with Crippen molar-refractivity contribution in [1.29, 1.82) is 0 Å². The summed E-state index contributed by atoms with van der Waals surface area (Å²) in [7, 11) is -3.94. The molecule has 0 atom stereocenters. The number of nitrogens with zero attached hydrogens (tertiary/aromatic N) is 1. The molecule has 0 bridgehead atoms. The van der Waals surface area contributed by atoms with E-state index in [4.69, 9.17) is 4.74 Å². The Balaban J connectivity index is 2.03. The predicted molar refractivity (Wildman–Crippen MR) is 111 cm³/mol. The van der Waals surface area contributed by atoms with Crippen LogP contribution < -0.4 is 9.46 Å². The Bertz CT molecular complexity index is 1120. The van der Waals surface area contributed by atoms with Gasteiger partial charge < -0.3 is 4.74 Å². The van der Waals surface area contributed by atoms with Gasteiger partial charge in [-0.05, 0) is 51.1 Å². The van der Waals surface area contributed by atoms with Crippen molar-refractivity contribution in [2.75, 3.05) is 11.3 Å². The molecule has 2 aromatic carbocycles. The van der Waals surface area contributed by atoms with Crippen LogP contribution in [0.5, 0.6) is 5.75 Å². The Kier molecular flexibility index (Phi) is 5.81. The number of ketones is 1. The molecule has 3 rings (SSSR count). The summed E-state index contributed by atoms with van der Waals surface area (Å²) in [6.07, 6.45) is 0. The second kappa shape index (κ2) is 8.12. The fourth-order valence-electron chi connectivity index (χ4n) is 2.66. The summed E-state index contributed by atoms with van der Waals surface area (Å²) >= 11 is 1.49.